The summed E-state index contributed by atoms with van der Waals surface area (Å²) >= 11 is 0. The summed E-state index contributed by atoms with van der Waals surface area (Å²) in [6.07, 6.45) is 1.37. The number of hydrogen-bond donors (Lipinski definition) is 3. The van der Waals surface area contributed by atoms with Crippen molar-refractivity contribution >= 4 is 11.9 Å². The Labute approximate surface area is 109 Å². The third-order valence-electron chi connectivity index (χ3n) is 3.27. The van der Waals surface area contributed by atoms with Crippen LogP contribution in [0.1, 0.15) is 29.6 Å². The predicted molar refractivity (Wildman–Crippen MR) is 66.1 cm³/mol. The van der Waals surface area contributed by atoms with Gasteiger partial charge in [-0.2, -0.15) is 0 Å². The molecule has 1 unspecified atom stereocenters. The number of aliphatic carboxylic acids is 1. The minimum Gasteiger partial charge on any atom is -0.504 e. The van der Waals surface area contributed by atoms with Crippen molar-refractivity contribution in [3.63, 3.8) is 0 Å². The summed E-state index contributed by atoms with van der Waals surface area (Å²) in [5.41, 5.74) is 0.243. The second-order valence-corrected chi connectivity index (χ2v) is 4.60. The van der Waals surface area contributed by atoms with E-state index in [4.69, 9.17) is 5.11 Å². The number of likely N-dealkylation sites (tertiary alicyclic amines) is 1. The fourth-order valence-corrected chi connectivity index (χ4v) is 2.34. The summed E-state index contributed by atoms with van der Waals surface area (Å²) in [6.45, 7) is 0.512. The Kier molecular flexibility index (Phi) is 3.59. The zero-order valence-electron chi connectivity index (χ0n) is 10.2. The molecule has 6 heteroatoms. The van der Waals surface area contributed by atoms with E-state index in [9.17, 15) is 19.8 Å². The van der Waals surface area contributed by atoms with Crippen molar-refractivity contribution in [3.8, 4) is 11.5 Å². The number of phenols is 2. The van der Waals surface area contributed by atoms with Gasteiger partial charge in [-0.05, 0) is 31.0 Å². The number of phenolic OH excluding ortho intramolecular Hbond substituents is 2. The van der Waals surface area contributed by atoms with E-state index in [1.54, 1.807) is 0 Å². The van der Waals surface area contributed by atoms with Gasteiger partial charge in [-0.1, -0.05) is 0 Å². The van der Waals surface area contributed by atoms with E-state index in [-0.39, 0.29) is 35.4 Å². The van der Waals surface area contributed by atoms with Gasteiger partial charge in [-0.15, -0.1) is 0 Å². The molecule has 1 aromatic rings. The average molecular weight is 265 g/mol. The van der Waals surface area contributed by atoms with E-state index >= 15 is 0 Å². The van der Waals surface area contributed by atoms with Gasteiger partial charge >= 0.3 is 5.97 Å². The van der Waals surface area contributed by atoms with Gasteiger partial charge in [0.05, 0.1) is 6.42 Å². The lowest BCUT2D eigenvalue weighted by molar-refractivity contribution is -0.137. The van der Waals surface area contributed by atoms with Crippen LogP contribution in [0, 0.1) is 0 Å². The number of rotatable bonds is 3. The van der Waals surface area contributed by atoms with Crippen LogP contribution in [0.25, 0.3) is 0 Å². The molecule has 1 aromatic carbocycles. The van der Waals surface area contributed by atoms with E-state index in [1.807, 2.05) is 0 Å². The van der Waals surface area contributed by atoms with Crippen LogP contribution >= 0.6 is 0 Å². The normalized spacial score (nSPS) is 18.5. The van der Waals surface area contributed by atoms with Crippen LogP contribution in [-0.4, -0.2) is 44.7 Å². The highest BCUT2D eigenvalue weighted by Crippen LogP contribution is 2.28. The number of nitrogens with zero attached hydrogens (tertiary/aromatic N) is 1. The molecule has 19 heavy (non-hydrogen) atoms. The Hall–Kier alpha value is -2.24. The van der Waals surface area contributed by atoms with Crippen LogP contribution in [-0.2, 0) is 4.79 Å². The number of carbonyl (C=O) groups excluding carboxylic acids is 1. The first kappa shape index (κ1) is 13.2. The second-order valence-electron chi connectivity index (χ2n) is 4.60. The summed E-state index contributed by atoms with van der Waals surface area (Å²) in [5, 5.41) is 27.4. The monoisotopic (exact) mass is 265 g/mol. The smallest absolute Gasteiger partial charge is 0.305 e. The molecule has 1 heterocycles. The Bertz CT molecular complexity index is 514. The fraction of sp³-hybridized carbons (Fsp3) is 0.385. The summed E-state index contributed by atoms with van der Waals surface area (Å²) in [4.78, 5) is 24.5. The number of benzene rings is 1. The molecule has 6 nitrogen and oxygen atoms in total. The van der Waals surface area contributed by atoms with Gasteiger partial charge in [0.25, 0.3) is 5.91 Å². The molecule has 0 radical (unpaired) electrons. The van der Waals surface area contributed by atoms with Crippen molar-refractivity contribution in [1.82, 2.24) is 4.90 Å². The molecular formula is C13H15NO5. The zero-order valence-corrected chi connectivity index (χ0v) is 10.2. The summed E-state index contributed by atoms with van der Waals surface area (Å²) in [5.74, 6) is -1.91. The highest BCUT2D eigenvalue weighted by molar-refractivity contribution is 5.95. The maximum atomic E-state index is 12.2. The van der Waals surface area contributed by atoms with E-state index in [1.165, 1.54) is 23.1 Å². The van der Waals surface area contributed by atoms with Gasteiger partial charge in [0.2, 0.25) is 0 Å². The molecule has 0 spiro atoms. The number of carboxylic acids is 1. The van der Waals surface area contributed by atoms with Crippen LogP contribution in [0.3, 0.4) is 0 Å². The second kappa shape index (κ2) is 5.17. The van der Waals surface area contributed by atoms with E-state index < -0.39 is 5.97 Å². The number of carboxylic acid groups (broad SMARTS) is 1. The summed E-state index contributed by atoms with van der Waals surface area (Å²) < 4.78 is 0. The van der Waals surface area contributed by atoms with Crippen LogP contribution in [0.15, 0.2) is 18.2 Å². The lowest BCUT2D eigenvalue weighted by atomic mass is 10.1. The number of aromatic hydroxyl groups is 2. The molecule has 0 bridgehead atoms. The van der Waals surface area contributed by atoms with Crippen molar-refractivity contribution in [2.75, 3.05) is 6.54 Å². The molecular weight excluding hydrogens is 250 g/mol. The topological polar surface area (TPSA) is 98.1 Å². The average Bonchev–Trinajstić information content (AvgIpc) is 2.79. The van der Waals surface area contributed by atoms with Crippen LogP contribution in [0.5, 0.6) is 11.5 Å². The van der Waals surface area contributed by atoms with E-state index in [0.29, 0.717) is 13.0 Å². The van der Waals surface area contributed by atoms with Crippen LogP contribution in [0.4, 0.5) is 0 Å². The Morgan fingerprint density at radius 3 is 2.63 bits per heavy atom. The minimum absolute atomic E-state index is 0.0736. The Morgan fingerprint density at radius 1 is 1.26 bits per heavy atom. The Morgan fingerprint density at radius 2 is 2.00 bits per heavy atom. The van der Waals surface area contributed by atoms with E-state index in [2.05, 4.69) is 0 Å². The van der Waals surface area contributed by atoms with Gasteiger partial charge in [-0.3, -0.25) is 9.59 Å². The maximum absolute atomic E-state index is 12.2. The highest BCUT2D eigenvalue weighted by atomic mass is 16.4. The fourth-order valence-electron chi connectivity index (χ4n) is 2.34. The molecule has 1 aliphatic heterocycles. The van der Waals surface area contributed by atoms with Crippen LogP contribution < -0.4 is 0 Å². The molecule has 1 aliphatic rings. The summed E-state index contributed by atoms with van der Waals surface area (Å²) in [7, 11) is 0. The minimum atomic E-state index is -0.932. The van der Waals surface area contributed by atoms with Crippen molar-refractivity contribution in [1.29, 1.82) is 0 Å². The molecule has 0 aromatic heterocycles. The van der Waals surface area contributed by atoms with Gasteiger partial charge in [0.15, 0.2) is 11.5 Å². The van der Waals surface area contributed by atoms with Crippen molar-refractivity contribution in [2.24, 2.45) is 0 Å². The molecule has 2 rings (SSSR count). The largest absolute Gasteiger partial charge is 0.504 e. The van der Waals surface area contributed by atoms with Gasteiger partial charge < -0.3 is 20.2 Å². The molecule has 1 saturated heterocycles. The molecule has 3 N–H and O–H groups in total. The van der Waals surface area contributed by atoms with Crippen molar-refractivity contribution in [3.05, 3.63) is 23.8 Å². The van der Waals surface area contributed by atoms with Gasteiger partial charge in [0.1, 0.15) is 0 Å². The maximum Gasteiger partial charge on any atom is 0.305 e. The highest BCUT2D eigenvalue weighted by Gasteiger charge is 2.31. The molecule has 1 fully saturated rings. The zero-order chi connectivity index (χ0) is 14.0. The number of hydrogen-bond acceptors (Lipinski definition) is 4. The first-order valence-corrected chi connectivity index (χ1v) is 6.04. The van der Waals surface area contributed by atoms with Gasteiger partial charge in [-0.25, -0.2) is 0 Å². The molecule has 0 aliphatic carbocycles. The standard InChI is InChI=1S/C13H15NO5/c15-10-4-3-8(6-11(10)16)13(19)14-5-1-2-9(14)7-12(17)18/h3-4,6,9,15-16H,1-2,5,7H2,(H,17,18). The quantitative estimate of drug-likeness (QED) is 0.713. The molecule has 102 valence electrons. The lowest BCUT2D eigenvalue weighted by Crippen LogP contribution is -2.36. The van der Waals surface area contributed by atoms with Crippen molar-refractivity contribution < 1.29 is 24.9 Å². The summed E-state index contributed by atoms with van der Waals surface area (Å²) in [6, 6.07) is 3.53. The SMILES string of the molecule is O=C(O)CC1CCCN1C(=O)c1ccc(O)c(O)c1. The third-order valence-corrected chi connectivity index (χ3v) is 3.27. The molecule has 1 atom stereocenters. The molecule has 0 saturated carbocycles. The van der Waals surface area contributed by atoms with Crippen LogP contribution in [0.2, 0.25) is 0 Å². The van der Waals surface area contributed by atoms with E-state index in [0.717, 1.165) is 6.42 Å². The predicted octanol–water partition coefficient (Wildman–Crippen LogP) is 1.18. The first-order chi connectivity index (χ1) is 8.99. The number of amides is 1. The van der Waals surface area contributed by atoms with Gasteiger partial charge in [0, 0.05) is 18.2 Å². The van der Waals surface area contributed by atoms with Crippen molar-refractivity contribution in [2.45, 2.75) is 25.3 Å². The first-order valence-electron chi connectivity index (χ1n) is 6.04. The third kappa shape index (κ3) is 2.78. The Balaban J connectivity index is 2.18. The lowest BCUT2D eigenvalue weighted by Gasteiger charge is -2.23. The molecule has 1 amide bonds. The number of carbonyl (C=O) groups is 2.